The lowest BCUT2D eigenvalue weighted by atomic mass is 9.85. The predicted octanol–water partition coefficient (Wildman–Crippen LogP) is 4.81. The second-order valence-electron chi connectivity index (χ2n) is 10.2. The van der Waals surface area contributed by atoms with E-state index in [1.807, 2.05) is 6.07 Å². The number of benzene rings is 1. The zero-order valence-corrected chi connectivity index (χ0v) is 22.9. The molecule has 0 saturated heterocycles. The number of aliphatic hydroxyl groups is 1. The van der Waals surface area contributed by atoms with Crippen molar-refractivity contribution in [3.63, 3.8) is 0 Å². The molecule has 0 bridgehead atoms. The van der Waals surface area contributed by atoms with Crippen LogP contribution < -0.4 is 10.1 Å². The van der Waals surface area contributed by atoms with E-state index >= 15 is 0 Å². The van der Waals surface area contributed by atoms with Gasteiger partial charge in [0.2, 0.25) is 0 Å². The third-order valence-corrected chi connectivity index (χ3v) is 8.43. The quantitative estimate of drug-likeness (QED) is 0.259. The van der Waals surface area contributed by atoms with Crippen LogP contribution in [0.1, 0.15) is 64.2 Å². The molecule has 0 saturated carbocycles. The van der Waals surface area contributed by atoms with Crippen LogP contribution in [0.15, 0.2) is 35.1 Å². The van der Waals surface area contributed by atoms with Crippen molar-refractivity contribution in [1.82, 2.24) is 9.55 Å². The van der Waals surface area contributed by atoms with Gasteiger partial charge in [0.15, 0.2) is 0 Å². The molecule has 11 heteroatoms. The Bertz CT molecular complexity index is 1530. The average Bonchev–Trinajstić information content (AvgIpc) is 3.11. The van der Waals surface area contributed by atoms with Crippen LogP contribution in [-0.2, 0) is 41.9 Å². The third kappa shape index (κ3) is 4.78. The molecule has 0 amide bonds. The number of phosphoric acid groups is 1. The summed E-state index contributed by atoms with van der Waals surface area (Å²) >= 11 is 0. The maximum absolute atomic E-state index is 13.5. The van der Waals surface area contributed by atoms with E-state index in [0.717, 1.165) is 10.9 Å². The van der Waals surface area contributed by atoms with Crippen LogP contribution in [-0.4, -0.2) is 32.8 Å². The summed E-state index contributed by atoms with van der Waals surface area (Å²) in [4.78, 5) is 30.4. The van der Waals surface area contributed by atoms with Crippen molar-refractivity contribution in [3.8, 4) is 17.1 Å². The number of carbonyl (C=O) groups excluding carboxylic acids is 1. The molecule has 0 aliphatic carbocycles. The Balaban J connectivity index is 1.56. The zero-order valence-electron chi connectivity index (χ0n) is 22.0. The van der Waals surface area contributed by atoms with Crippen molar-refractivity contribution in [2.75, 3.05) is 0 Å². The topological polar surface area (TPSA) is 126 Å². The Hall–Kier alpha value is -3.04. The molecule has 0 fully saturated rings. The number of esters is 1. The summed E-state index contributed by atoms with van der Waals surface area (Å²) in [7, 11) is -3.86. The molecule has 0 spiro atoms. The van der Waals surface area contributed by atoms with E-state index < -0.39 is 19.4 Å². The SMILES string of the molecule is CCC1(O)CC(=O)OCc2c1cc1n(c2=O)Cc2cc3cc(OP(=O)(OC(C)C)OC(C)C)ccc3nc2-1. The van der Waals surface area contributed by atoms with Crippen LogP contribution in [0.25, 0.3) is 22.3 Å². The number of rotatable bonds is 7. The first-order valence-corrected chi connectivity index (χ1v) is 14.1. The standard InChI is InChI=1S/C27H31N2O8P/c1-6-27(32)12-24(30)34-14-20-21(27)11-23-25-18(13-29(23)26(20)31)9-17-10-19(7-8-22(17)28-25)37-38(33,35-15(2)3)36-16(4)5/h7-11,15-16,32H,6,12-14H2,1-5H3. The largest absolute Gasteiger partial charge is 0.530 e. The van der Waals surface area contributed by atoms with Gasteiger partial charge in [-0.25, -0.2) is 9.55 Å². The number of ether oxygens (including phenoxy) is 1. The van der Waals surface area contributed by atoms with E-state index in [0.29, 0.717) is 28.2 Å². The Morgan fingerprint density at radius 2 is 1.84 bits per heavy atom. The van der Waals surface area contributed by atoms with Gasteiger partial charge in [-0.3, -0.25) is 18.6 Å². The minimum atomic E-state index is -3.86. The molecule has 1 N–H and O–H groups in total. The summed E-state index contributed by atoms with van der Waals surface area (Å²) in [5, 5.41) is 12.0. The summed E-state index contributed by atoms with van der Waals surface area (Å²) in [6.45, 7) is 8.85. The number of hydrogen-bond donors (Lipinski definition) is 1. The molecule has 202 valence electrons. The van der Waals surface area contributed by atoms with Crippen molar-refractivity contribution in [3.05, 3.63) is 57.4 Å². The highest BCUT2D eigenvalue weighted by Crippen LogP contribution is 2.52. The molecule has 2 aromatic heterocycles. The van der Waals surface area contributed by atoms with Gasteiger partial charge < -0.3 is 18.9 Å². The molecule has 1 atom stereocenters. The predicted molar refractivity (Wildman–Crippen MR) is 140 cm³/mol. The summed E-state index contributed by atoms with van der Waals surface area (Å²) in [6.07, 6.45) is -0.703. The minimum absolute atomic E-state index is 0.182. The van der Waals surface area contributed by atoms with Crippen LogP contribution in [0.3, 0.4) is 0 Å². The Labute approximate surface area is 220 Å². The number of phosphoric ester groups is 1. The molecule has 10 nitrogen and oxygen atoms in total. The number of fused-ring (bicyclic) bond motifs is 5. The number of nitrogens with zero attached hydrogens (tertiary/aromatic N) is 2. The minimum Gasteiger partial charge on any atom is -0.460 e. The van der Waals surface area contributed by atoms with Crippen LogP contribution >= 0.6 is 7.82 Å². The van der Waals surface area contributed by atoms with Gasteiger partial charge in [-0.05, 0) is 70.0 Å². The Morgan fingerprint density at radius 1 is 1.13 bits per heavy atom. The van der Waals surface area contributed by atoms with Crippen LogP contribution in [0.2, 0.25) is 0 Å². The van der Waals surface area contributed by atoms with Gasteiger partial charge in [0.1, 0.15) is 18.0 Å². The molecule has 2 aliphatic rings. The summed E-state index contributed by atoms with van der Waals surface area (Å²) in [5.41, 5.74) is 1.53. The summed E-state index contributed by atoms with van der Waals surface area (Å²) < 4.78 is 36.7. The van der Waals surface area contributed by atoms with Gasteiger partial charge in [0.05, 0.1) is 47.6 Å². The molecule has 5 rings (SSSR count). The van der Waals surface area contributed by atoms with Gasteiger partial charge in [-0.1, -0.05) is 6.92 Å². The molecule has 2 aliphatic heterocycles. The smallest absolute Gasteiger partial charge is 0.460 e. The van der Waals surface area contributed by atoms with Gasteiger partial charge in [-0.2, -0.15) is 0 Å². The lowest BCUT2D eigenvalue weighted by Crippen LogP contribution is -2.32. The fourth-order valence-electron chi connectivity index (χ4n) is 4.93. The summed E-state index contributed by atoms with van der Waals surface area (Å²) in [5.74, 6) is -0.238. The number of aromatic nitrogens is 2. The van der Waals surface area contributed by atoms with E-state index in [1.54, 1.807) is 63.5 Å². The number of cyclic esters (lactones) is 1. The highest BCUT2D eigenvalue weighted by atomic mass is 31.2. The van der Waals surface area contributed by atoms with Gasteiger partial charge in [0, 0.05) is 10.9 Å². The van der Waals surface area contributed by atoms with Gasteiger partial charge in [0.25, 0.3) is 5.56 Å². The Kier molecular flexibility index (Phi) is 6.72. The Morgan fingerprint density at radius 3 is 2.50 bits per heavy atom. The number of pyridine rings is 2. The van der Waals surface area contributed by atoms with Crippen molar-refractivity contribution in [2.24, 2.45) is 0 Å². The highest BCUT2D eigenvalue weighted by Gasteiger charge is 2.39. The van der Waals surface area contributed by atoms with E-state index in [4.69, 9.17) is 23.3 Å². The average molecular weight is 543 g/mol. The lowest BCUT2D eigenvalue weighted by molar-refractivity contribution is -0.149. The molecule has 3 aromatic rings. The monoisotopic (exact) mass is 542 g/mol. The van der Waals surface area contributed by atoms with Crippen molar-refractivity contribution < 1.29 is 32.8 Å². The first-order chi connectivity index (χ1) is 17.9. The normalized spacial score (nSPS) is 18.8. The van der Waals surface area contributed by atoms with Crippen LogP contribution in [0.5, 0.6) is 5.75 Å². The zero-order chi connectivity index (χ0) is 27.4. The van der Waals surface area contributed by atoms with E-state index in [1.165, 1.54) is 0 Å². The van der Waals surface area contributed by atoms with Crippen molar-refractivity contribution in [2.45, 2.75) is 78.4 Å². The maximum Gasteiger partial charge on any atom is 0.530 e. The molecule has 4 heterocycles. The lowest BCUT2D eigenvalue weighted by Gasteiger charge is -2.26. The van der Waals surface area contributed by atoms with Gasteiger partial charge >= 0.3 is 13.8 Å². The molecule has 0 radical (unpaired) electrons. The van der Waals surface area contributed by atoms with Gasteiger partial charge in [-0.15, -0.1) is 0 Å². The third-order valence-electron chi connectivity index (χ3n) is 6.63. The van der Waals surface area contributed by atoms with E-state index in [9.17, 15) is 19.3 Å². The molecule has 38 heavy (non-hydrogen) atoms. The molecular weight excluding hydrogens is 511 g/mol. The first-order valence-electron chi connectivity index (χ1n) is 12.7. The van der Waals surface area contributed by atoms with Crippen molar-refractivity contribution in [1.29, 1.82) is 0 Å². The first kappa shape index (κ1) is 26.6. The van der Waals surface area contributed by atoms with E-state index in [2.05, 4.69) is 0 Å². The highest BCUT2D eigenvalue weighted by molar-refractivity contribution is 7.49. The van der Waals surface area contributed by atoms with Crippen LogP contribution in [0.4, 0.5) is 0 Å². The second kappa shape index (κ2) is 9.61. The maximum atomic E-state index is 13.5. The molecular formula is C27H31N2O8P. The summed E-state index contributed by atoms with van der Waals surface area (Å²) in [6, 6.07) is 8.75. The molecule has 1 unspecified atom stereocenters. The second-order valence-corrected chi connectivity index (χ2v) is 11.7. The molecule has 1 aromatic carbocycles. The fraction of sp³-hybridized carbons (Fsp3) is 0.444. The number of carbonyl (C=O) groups is 1. The van der Waals surface area contributed by atoms with Crippen LogP contribution in [0, 0.1) is 0 Å². The van der Waals surface area contributed by atoms with Crippen molar-refractivity contribution >= 4 is 24.7 Å². The fourth-order valence-corrected chi connectivity index (χ4v) is 6.47. The number of hydrogen-bond acceptors (Lipinski definition) is 9. The van der Waals surface area contributed by atoms with E-state index in [-0.39, 0.29) is 49.3 Å².